The van der Waals surface area contributed by atoms with Crippen LogP contribution in [0.25, 0.3) is 0 Å². The molecule has 0 aromatic carbocycles. The van der Waals surface area contributed by atoms with Gasteiger partial charge in [0.15, 0.2) is 5.13 Å². The Hall–Kier alpha value is -0.610. The fourth-order valence-electron chi connectivity index (χ4n) is 1.31. The molecule has 3 nitrogen and oxygen atoms in total. The standard InChI is InChI=1S/C11H21N3S/c1-7(2)9-8(15-10(12)14-9)6-13-11(3,4)5/h7,13H,6H2,1-5H3,(H2,12,14). The van der Waals surface area contributed by atoms with Gasteiger partial charge in [-0.2, -0.15) is 0 Å². The number of rotatable bonds is 3. The summed E-state index contributed by atoms with van der Waals surface area (Å²) in [6, 6.07) is 0. The van der Waals surface area contributed by atoms with Crippen LogP contribution >= 0.6 is 11.3 Å². The van der Waals surface area contributed by atoms with Crippen LogP contribution in [0, 0.1) is 0 Å². The molecule has 0 amide bonds. The molecule has 0 saturated heterocycles. The van der Waals surface area contributed by atoms with Gasteiger partial charge >= 0.3 is 0 Å². The number of nitrogens with one attached hydrogen (secondary N) is 1. The SMILES string of the molecule is CC(C)c1nc(N)sc1CNC(C)(C)C. The summed E-state index contributed by atoms with van der Waals surface area (Å²) in [7, 11) is 0. The number of nitrogen functional groups attached to an aromatic ring is 1. The topological polar surface area (TPSA) is 50.9 Å². The molecule has 15 heavy (non-hydrogen) atoms. The Balaban J connectivity index is 2.76. The van der Waals surface area contributed by atoms with Gasteiger partial charge in [0, 0.05) is 17.0 Å². The van der Waals surface area contributed by atoms with Crippen LogP contribution in [-0.2, 0) is 6.54 Å². The first-order valence-corrected chi connectivity index (χ1v) is 6.11. The lowest BCUT2D eigenvalue weighted by Gasteiger charge is -2.20. The molecule has 3 N–H and O–H groups in total. The summed E-state index contributed by atoms with van der Waals surface area (Å²) in [6.45, 7) is 11.6. The second-order valence-electron chi connectivity index (χ2n) is 5.12. The van der Waals surface area contributed by atoms with Crippen LogP contribution in [-0.4, -0.2) is 10.5 Å². The lowest BCUT2D eigenvalue weighted by atomic mass is 10.1. The summed E-state index contributed by atoms with van der Waals surface area (Å²) in [6.07, 6.45) is 0. The maximum Gasteiger partial charge on any atom is 0.180 e. The van der Waals surface area contributed by atoms with Gasteiger partial charge in [-0.25, -0.2) is 4.98 Å². The first kappa shape index (κ1) is 12.5. The van der Waals surface area contributed by atoms with Crippen LogP contribution in [0.3, 0.4) is 0 Å². The zero-order valence-corrected chi connectivity index (χ0v) is 11.0. The first-order chi connectivity index (χ1) is 6.79. The molecule has 0 fully saturated rings. The Kier molecular flexibility index (Phi) is 3.73. The summed E-state index contributed by atoms with van der Waals surface area (Å²) in [5.74, 6) is 0.440. The Labute approximate surface area is 96.1 Å². The average molecular weight is 227 g/mol. The third-order valence-electron chi connectivity index (χ3n) is 2.07. The monoisotopic (exact) mass is 227 g/mol. The van der Waals surface area contributed by atoms with E-state index in [4.69, 9.17) is 5.73 Å². The molecular weight excluding hydrogens is 206 g/mol. The molecule has 4 heteroatoms. The van der Waals surface area contributed by atoms with Gasteiger partial charge in [-0.05, 0) is 26.7 Å². The molecule has 1 heterocycles. The number of hydrogen-bond donors (Lipinski definition) is 2. The van der Waals surface area contributed by atoms with Crippen LogP contribution in [0.5, 0.6) is 0 Å². The molecule has 0 radical (unpaired) electrons. The molecule has 0 aliphatic heterocycles. The molecule has 0 saturated carbocycles. The van der Waals surface area contributed by atoms with E-state index in [0.717, 1.165) is 12.2 Å². The van der Waals surface area contributed by atoms with E-state index in [0.29, 0.717) is 11.0 Å². The highest BCUT2D eigenvalue weighted by molar-refractivity contribution is 7.15. The molecule has 0 bridgehead atoms. The van der Waals surface area contributed by atoms with Crippen molar-refractivity contribution in [2.75, 3.05) is 5.73 Å². The quantitative estimate of drug-likeness (QED) is 0.835. The Morgan fingerprint density at radius 3 is 2.47 bits per heavy atom. The van der Waals surface area contributed by atoms with Crippen molar-refractivity contribution < 1.29 is 0 Å². The highest BCUT2D eigenvalue weighted by atomic mass is 32.1. The number of anilines is 1. The molecule has 1 aromatic heterocycles. The van der Waals surface area contributed by atoms with Crippen LogP contribution in [0.15, 0.2) is 0 Å². The highest BCUT2D eigenvalue weighted by Gasteiger charge is 2.15. The lowest BCUT2D eigenvalue weighted by molar-refractivity contribution is 0.425. The zero-order valence-electron chi connectivity index (χ0n) is 10.2. The van der Waals surface area contributed by atoms with Crippen molar-refractivity contribution in [3.63, 3.8) is 0 Å². The highest BCUT2D eigenvalue weighted by Crippen LogP contribution is 2.26. The van der Waals surface area contributed by atoms with Gasteiger partial charge in [-0.3, -0.25) is 0 Å². The predicted molar refractivity (Wildman–Crippen MR) is 67.2 cm³/mol. The average Bonchev–Trinajstić information content (AvgIpc) is 2.42. The van der Waals surface area contributed by atoms with E-state index in [-0.39, 0.29) is 5.54 Å². The maximum atomic E-state index is 5.74. The van der Waals surface area contributed by atoms with Crippen LogP contribution in [0.4, 0.5) is 5.13 Å². The zero-order chi connectivity index (χ0) is 11.6. The molecular formula is C11H21N3S. The third-order valence-corrected chi connectivity index (χ3v) is 2.97. The summed E-state index contributed by atoms with van der Waals surface area (Å²) in [5.41, 5.74) is 7.00. The minimum atomic E-state index is 0.132. The minimum absolute atomic E-state index is 0.132. The van der Waals surface area contributed by atoms with Crippen molar-refractivity contribution in [3.05, 3.63) is 10.6 Å². The lowest BCUT2D eigenvalue weighted by Crippen LogP contribution is -2.35. The van der Waals surface area contributed by atoms with Gasteiger partial charge in [0.1, 0.15) is 0 Å². The number of hydrogen-bond acceptors (Lipinski definition) is 4. The second-order valence-corrected chi connectivity index (χ2v) is 6.23. The van der Waals surface area contributed by atoms with Crippen molar-refractivity contribution in [3.8, 4) is 0 Å². The van der Waals surface area contributed by atoms with E-state index in [9.17, 15) is 0 Å². The van der Waals surface area contributed by atoms with Crippen LogP contribution in [0.2, 0.25) is 0 Å². The minimum Gasteiger partial charge on any atom is -0.375 e. The third kappa shape index (κ3) is 3.80. The smallest absolute Gasteiger partial charge is 0.180 e. The fourth-order valence-corrected chi connectivity index (χ4v) is 2.23. The molecule has 0 unspecified atom stereocenters. The molecule has 86 valence electrons. The molecule has 0 atom stereocenters. The maximum absolute atomic E-state index is 5.74. The Morgan fingerprint density at radius 2 is 2.00 bits per heavy atom. The van der Waals surface area contributed by atoms with E-state index in [1.165, 1.54) is 4.88 Å². The van der Waals surface area contributed by atoms with E-state index in [2.05, 4.69) is 44.9 Å². The van der Waals surface area contributed by atoms with Crippen molar-refractivity contribution in [1.82, 2.24) is 10.3 Å². The molecule has 0 aliphatic rings. The molecule has 0 aliphatic carbocycles. The first-order valence-electron chi connectivity index (χ1n) is 5.29. The van der Waals surface area contributed by atoms with Crippen molar-refractivity contribution >= 4 is 16.5 Å². The summed E-state index contributed by atoms with van der Waals surface area (Å²) in [4.78, 5) is 5.63. The molecule has 1 aromatic rings. The number of nitrogens with two attached hydrogens (primary N) is 1. The van der Waals surface area contributed by atoms with E-state index in [1.807, 2.05) is 0 Å². The van der Waals surface area contributed by atoms with E-state index in [1.54, 1.807) is 11.3 Å². The largest absolute Gasteiger partial charge is 0.375 e. The van der Waals surface area contributed by atoms with Gasteiger partial charge in [0.25, 0.3) is 0 Å². The number of thiazole rings is 1. The Bertz CT molecular complexity index is 323. The van der Waals surface area contributed by atoms with Gasteiger partial charge in [-0.1, -0.05) is 13.8 Å². The number of aromatic nitrogens is 1. The normalized spacial score (nSPS) is 12.4. The Morgan fingerprint density at radius 1 is 1.40 bits per heavy atom. The van der Waals surface area contributed by atoms with Gasteiger partial charge in [-0.15, -0.1) is 11.3 Å². The summed E-state index contributed by atoms with van der Waals surface area (Å²) >= 11 is 1.59. The van der Waals surface area contributed by atoms with E-state index < -0.39 is 0 Å². The predicted octanol–water partition coefficient (Wildman–Crippen LogP) is 2.74. The van der Waals surface area contributed by atoms with Gasteiger partial charge in [0.2, 0.25) is 0 Å². The number of nitrogens with zero attached hydrogens (tertiary/aromatic N) is 1. The van der Waals surface area contributed by atoms with Crippen LogP contribution in [0.1, 0.15) is 51.1 Å². The second kappa shape index (κ2) is 4.49. The molecule has 1 rings (SSSR count). The fraction of sp³-hybridized carbons (Fsp3) is 0.727. The van der Waals surface area contributed by atoms with Crippen molar-refractivity contribution in [2.24, 2.45) is 0 Å². The van der Waals surface area contributed by atoms with E-state index >= 15 is 0 Å². The summed E-state index contributed by atoms with van der Waals surface area (Å²) in [5, 5.41) is 4.13. The van der Waals surface area contributed by atoms with Crippen molar-refractivity contribution in [2.45, 2.75) is 52.6 Å². The van der Waals surface area contributed by atoms with Crippen LogP contribution < -0.4 is 11.1 Å². The summed E-state index contributed by atoms with van der Waals surface area (Å²) < 4.78 is 0. The van der Waals surface area contributed by atoms with Gasteiger partial charge < -0.3 is 11.1 Å². The van der Waals surface area contributed by atoms with Gasteiger partial charge in [0.05, 0.1) is 5.69 Å². The molecule has 0 spiro atoms. The van der Waals surface area contributed by atoms with Crippen molar-refractivity contribution in [1.29, 1.82) is 0 Å².